The van der Waals surface area contributed by atoms with Crippen molar-refractivity contribution in [2.45, 2.75) is 13.1 Å². The van der Waals surface area contributed by atoms with Gasteiger partial charge in [0.05, 0.1) is 30.0 Å². The number of carbonyl (C=O) groups is 1. The molecule has 0 aliphatic rings. The standard InChI is InChI=1S/C31H25N3O3/c1-37-27-7-3-5-22(15-27)18-33-13-12-25-16-23(9-11-29(25)33)24-8-10-28-30(17-24)34(20-32-28)19-21-4-2-6-26(14-21)31(35)36/h2-17,20H,18-19H2,1H3,(H,35,36). The maximum atomic E-state index is 11.4. The van der Waals surface area contributed by atoms with E-state index in [1.54, 1.807) is 25.3 Å². The first-order valence-electron chi connectivity index (χ1n) is 12.1. The van der Waals surface area contributed by atoms with Crippen molar-refractivity contribution in [3.05, 3.63) is 120 Å². The number of fused-ring (bicyclic) bond motifs is 2. The molecule has 4 aromatic carbocycles. The van der Waals surface area contributed by atoms with Crippen molar-refractivity contribution in [1.29, 1.82) is 0 Å². The average molecular weight is 488 g/mol. The number of carboxylic acid groups (broad SMARTS) is 1. The normalized spacial score (nSPS) is 11.3. The predicted molar refractivity (Wildman–Crippen MR) is 145 cm³/mol. The third-order valence-electron chi connectivity index (χ3n) is 6.74. The molecule has 0 aliphatic carbocycles. The lowest BCUT2D eigenvalue weighted by atomic mass is 10.0. The van der Waals surface area contributed by atoms with E-state index in [1.807, 2.05) is 30.6 Å². The second kappa shape index (κ2) is 9.32. The van der Waals surface area contributed by atoms with E-state index >= 15 is 0 Å². The Bertz CT molecular complexity index is 1760. The van der Waals surface area contributed by atoms with Crippen molar-refractivity contribution in [3.8, 4) is 16.9 Å². The fourth-order valence-corrected chi connectivity index (χ4v) is 4.85. The molecule has 0 amide bonds. The van der Waals surface area contributed by atoms with Crippen LogP contribution in [-0.2, 0) is 13.1 Å². The van der Waals surface area contributed by atoms with Gasteiger partial charge in [-0.2, -0.15) is 0 Å². The second-order valence-corrected chi connectivity index (χ2v) is 9.15. The molecule has 2 heterocycles. The van der Waals surface area contributed by atoms with E-state index in [-0.39, 0.29) is 5.56 Å². The summed E-state index contributed by atoms with van der Waals surface area (Å²) in [5, 5.41) is 10.5. The number of hydrogen-bond acceptors (Lipinski definition) is 3. The molecule has 1 N–H and O–H groups in total. The van der Waals surface area contributed by atoms with Crippen LogP contribution >= 0.6 is 0 Å². The van der Waals surface area contributed by atoms with Gasteiger partial charge in [-0.3, -0.25) is 0 Å². The molecule has 0 saturated heterocycles. The number of nitrogens with zero attached hydrogens (tertiary/aromatic N) is 3. The van der Waals surface area contributed by atoms with Gasteiger partial charge in [-0.15, -0.1) is 0 Å². The van der Waals surface area contributed by atoms with Crippen LogP contribution in [0.3, 0.4) is 0 Å². The largest absolute Gasteiger partial charge is 0.497 e. The quantitative estimate of drug-likeness (QED) is 0.281. The first-order valence-corrected chi connectivity index (χ1v) is 12.1. The van der Waals surface area contributed by atoms with Crippen LogP contribution in [0.5, 0.6) is 5.75 Å². The minimum Gasteiger partial charge on any atom is -0.497 e. The third kappa shape index (κ3) is 4.45. The topological polar surface area (TPSA) is 69.3 Å². The van der Waals surface area contributed by atoms with Crippen molar-refractivity contribution in [2.24, 2.45) is 0 Å². The van der Waals surface area contributed by atoms with E-state index in [4.69, 9.17) is 4.74 Å². The smallest absolute Gasteiger partial charge is 0.335 e. The first kappa shape index (κ1) is 22.6. The zero-order valence-corrected chi connectivity index (χ0v) is 20.3. The Labute approximate surface area is 214 Å². The Morgan fingerprint density at radius 3 is 2.41 bits per heavy atom. The van der Waals surface area contributed by atoms with Gasteiger partial charge in [0.15, 0.2) is 0 Å². The van der Waals surface area contributed by atoms with Gasteiger partial charge in [0, 0.05) is 30.2 Å². The first-order chi connectivity index (χ1) is 18.1. The van der Waals surface area contributed by atoms with Crippen LogP contribution in [0.15, 0.2) is 104 Å². The molecule has 37 heavy (non-hydrogen) atoms. The van der Waals surface area contributed by atoms with E-state index in [9.17, 15) is 9.90 Å². The molecule has 0 radical (unpaired) electrons. The summed E-state index contributed by atoms with van der Waals surface area (Å²) in [6.07, 6.45) is 3.93. The van der Waals surface area contributed by atoms with Crippen LogP contribution in [0, 0.1) is 0 Å². The molecular weight excluding hydrogens is 462 g/mol. The minimum absolute atomic E-state index is 0.286. The third-order valence-corrected chi connectivity index (χ3v) is 6.74. The number of aromatic carboxylic acids is 1. The van der Waals surface area contributed by atoms with E-state index in [0.717, 1.165) is 40.0 Å². The minimum atomic E-state index is -0.924. The molecule has 182 valence electrons. The van der Waals surface area contributed by atoms with E-state index in [2.05, 4.69) is 68.8 Å². The van der Waals surface area contributed by atoms with Crippen LogP contribution < -0.4 is 4.74 Å². The molecule has 6 aromatic rings. The molecule has 0 aliphatic heterocycles. The highest BCUT2D eigenvalue weighted by molar-refractivity contribution is 5.89. The van der Waals surface area contributed by atoms with Gasteiger partial charge in [0.25, 0.3) is 0 Å². The molecule has 6 heteroatoms. The summed E-state index contributed by atoms with van der Waals surface area (Å²) in [6.45, 7) is 1.32. The van der Waals surface area contributed by atoms with Gasteiger partial charge in [-0.25, -0.2) is 9.78 Å². The monoisotopic (exact) mass is 487 g/mol. The molecule has 0 spiro atoms. The van der Waals surface area contributed by atoms with Gasteiger partial charge in [0.1, 0.15) is 5.75 Å². The van der Waals surface area contributed by atoms with Gasteiger partial charge >= 0.3 is 5.97 Å². The molecule has 0 bridgehead atoms. The van der Waals surface area contributed by atoms with Crippen LogP contribution in [0.1, 0.15) is 21.5 Å². The Kier molecular flexibility index (Phi) is 5.69. The van der Waals surface area contributed by atoms with Crippen LogP contribution in [0.2, 0.25) is 0 Å². The van der Waals surface area contributed by atoms with Gasteiger partial charge < -0.3 is 19.0 Å². The summed E-state index contributed by atoms with van der Waals surface area (Å²) in [6, 6.07) is 30.2. The Morgan fingerprint density at radius 1 is 0.811 bits per heavy atom. The Hall–Kier alpha value is -4.84. The average Bonchev–Trinajstić information content (AvgIpc) is 3.52. The van der Waals surface area contributed by atoms with Crippen molar-refractivity contribution in [3.63, 3.8) is 0 Å². The summed E-state index contributed by atoms with van der Waals surface area (Å²) in [5.74, 6) is -0.0622. The number of benzene rings is 4. The number of methoxy groups -OCH3 is 1. The molecule has 6 rings (SSSR count). The maximum Gasteiger partial charge on any atom is 0.335 e. The Morgan fingerprint density at radius 2 is 1.57 bits per heavy atom. The number of carboxylic acids is 1. The summed E-state index contributed by atoms with van der Waals surface area (Å²) in [5.41, 5.74) is 7.73. The number of aromatic nitrogens is 3. The molecule has 6 nitrogen and oxygen atoms in total. The maximum absolute atomic E-state index is 11.4. The van der Waals surface area contributed by atoms with Gasteiger partial charge in [-0.1, -0.05) is 36.4 Å². The highest BCUT2D eigenvalue weighted by Crippen LogP contribution is 2.29. The van der Waals surface area contributed by atoms with Gasteiger partial charge in [0.2, 0.25) is 0 Å². The van der Waals surface area contributed by atoms with E-state index < -0.39 is 5.97 Å². The lowest BCUT2D eigenvalue weighted by molar-refractivity contribution is 0.0696. The summed E-state index contributed by atoms with van der Waals surface area (Å²) >= 11 is 0. The van der Waals surface area contributed by atoms with Crippen molar-refractivity contribution in [2.75, 3.05) is 7.11 Å². The van der Waals surface area contributed by atoms with Crippen LogP contribution in [0.4, 0.5) is 0 Å². The van der Waals surface area contributed by atoms with Crippen molar-refractivity contribution < 1.29 is 14.6 Å². The zero-order valence-electron chi connectivity index (χ0n) is 20.3. The summed E-state index contributed by atoms with van der Waals surface area (Å²) < 4.78 is 9.67. The molecule has 0 fully saturated rings. The fourth-order valence-electron chi connectivity index (χ4n) is 4.85. The highest BCUT2D eigenvalue weighted by Gasteiger charge is 2.10. The Balaban J connectivity index is 1.30. The van der Waals surface area contributed by atoms with E-state index in [0.29, 0.717) is 6.54 Å². The molecule has 0 saturated carbocycles. The molecular formula is C31H25N3O3. The SMILES string of the molecule is COc1cccc(Cn2ccc3cc(-c4ccc5ncn(Cc6cccc(C(=O)O)c6)c5c4)ccc32)c1. The number of hydrogen-bond donors (Lipinski definition) is 1. The molecule has 2 aromatic heterocycles. The highest BCUT2D eigenvalue weighted by atomic mass is 16.5. The van der Waals surface area contributed by atoms with Crippen molar-refractivity contribution >= 4 is 27.9 Å². The van der Waals surface area contributed by atoms with E-state index in [1.165, 1.54) is 16.5 Å². The number of rotatable bonds is 7. The lowest BCUT2D eigenvalue weighted by Crippen LogP contribution is -2.01. The van der Waals surface area contributed by atoms with Crippen molar-refractivity contribution in [1.82, 2.24) is 14.1 Å². The number of ether oxygens (including phenoxy) is 1. The summed E-state index contributed by atoms with van der Waals surface area (Å²) in [7, 11) is 1.69. The lowest BCUT2D eigenvalue weighted by Gasteiger charge is -2.09. The zero-order chi connectivity index (χ0) is 25.4. The van der Waals surface area contributed by atoms with Crippen LogP contribution in [-0.4, -0.2) is 32.3 Å². The second-order valence-electron chi connectivity index (χ2n) is 9.15. The predicted octanol–water partition coefficient (Wildman–Crippen LogP) is 6.46. The number of imidazole rings is 1. The summed E-state index contributed by atoms with van der Waals surface area (Å²) in [4.78, 5) is 15.9. The fraction of sp³-hybridized carbons (Fsp3) is 0.0968. The molecule has 0 atom stereocenters. The van der Waals surface area contributed by atoms with Crippen LogP contribution in [0.25, 0.3) is 33.1 Å². The van der Waals surface area contributed by atoms with Gasteiger partial charge in [-0.05, 0) is 76.9 Å². The molecule has 0 unspecified atom stereocenters.